The van der Waals surface area contributed by atoms with Gasteiger partial charge in [-0.25, -0.2) is 23.4 Å². The Balaban J connectivity index is 1.53. The number of unbranched alkanes of at least 4 members (excludes halogenated alkanes) is 1. The summed E-state index contributed by atoms with van der Waals surface area (Å²) in [6, 6.07) is 17.7. The average molecular weight is 554 g/mol. The van der Waals surface area contributed by atoms with Crippen LogP contribution >= 0.6 is 0 Å². The molecule has 2 N–H and O–H groups in total. The fourth-order valence-corrected chi connectivity index (χ4v) is 4.19. The zero-order chi connectivity index (χ0) is 28.3. The molecule has 0 saturated heterocycles. The standard InChI is InChI=1S/C28H31N3O7S/c1-4-5-16-37-23-11-9-22(10-12-23)28(33)38-25-15-8-21(17-26(25)36-3)18-29-31-27(32)19-30-39(34,35)24-13-6-20(2)7-14-24/h6-15,17-18,30H,4-5,16,19H2,1-3H3,(H,31,32)/b29-18-. The number of carbonyl (C=O) groups is 2. The van der Waals surface area contributed by atoms with E-state index in [0.29, 0.717) is 23.5 Å². The Morgan fingerprint density at radius 2 is 1.69 bits per heavy atom. The van der Waals surface area contributed by atoms with Gasteiger partial charge in [0.25, 0.3) is 5.91 Å². The Kier molecular flexibility index (Phi) is 10.6. The highest BCUT2D eigenvalue weighted by molar-refractivity contribution is 7.89. The molecule has 0 aliphatic heterocycles. The number of carbonyl (C=O) groups excluding carboxylic acids is 2. The van der Waals surface area contributed by atoms with E-state index in [1.54, 1.807) is 48.5 Å². The van der Waals surface area contributed by atoms with Gasteiger partial charge in [-0.2, -0.15) is 5.10 Å². The van der Waals surface area contributed by atoms with Crippen LogP contribution in [0.2, 0.25) is 0 Å². The van der Waals surface area contributed by atoms with Crippen molar-refractivity contribution in [1.29, 1.82) is 0 Å². The molecule has 0 aromatic heterocycles. The van der Waals surface area contributed by atoms with Gasteiger partial charge in [-0.1, -0.05) is 31.0 Å². The van der Waals surface area contributed by atoms with Gasteiger partial charge in [0.1, 0.15) is 5.75 Å². The van der Waals surface area contributed by atoms with E-state index >= 15 is 0 Å². The first kappa shape index (κ1) is 29.3. The Labute approximate surface area is 228 Å². The first-order valence-corrected chi connectivity index (χ1v) is 13.7. The highest BCUT2D eigenvalue weighted by Gasteiger charge is 2.15. The summed E-state index contributed by atoms with van der Waals surface area (Å²) in [5.74, 6) is -0.0464. The number of ether oxygens (including phenoxy) is 3. The molecule has 206 valence electrons. The lowest BCUT2D eigenvalue weighted by atomic mass is 10.2. The van der Waals surface area contributed by atoms with Gasteiger partial charge in [-0.3, -0.25) is 4.79 Å². The van der Waals surface area contributed by atoms with E-state index < -0.39 is 28.4 Å². The topological polar surface area (TPSA) is 132 Å². The SMILES string of the molecule is CCCCOc1ccc(C(=O)Oc2ccc(/C=N\NC(=O)CNS(=O)(=O)c3ccc(C)cc3)cc2OC)cc1. The zero-order valence-electron chi connectivity index (χ0n) is 22.0. The van der Waals surface area contributed by atoms with Crippen molar-refractivity contribution in [3.8, 4) is 17.2 Å². The lowest BCUT2D eigenvalue weighted by Crippen LogP contribution is -2.34. The van der Waals surface area contributed by atoms with Crippen molar-refractivity contribution >= 4 is 28.1 Å². The van der Waals surface area contributed by atoms with Gasteiger partial charge in [0.05, 0.1) is 36.9 Å². The van der Waals surface area contributed by atoms with Gasteiger partial charge >= 0.3 is 5.97 Å². The highest BCUT2D eigenvalue weighted by atomic mass is 32.2. The first-order chi connectivity index (χ1) is 18.7. The fraction of sp³-hybridized carbons (Fsp3) is 0.250. The van der Waals surface area contributed by atoms with Crippen LogP contribution in [0.5, 0.6) is 17.2 Å². The smallest absolute Gasteiger partial charge is 0.343 e. The second kappa shape index (κ2) is 14.1. The van der Waals surface area contributed by atoms with E-state index in [1.165, 1.54) is 31.5 Å². The number of nitrogens with zero attached hydrogens (tertiary/aromatic N) is 1. The van der Waals surface area contributed by atoms with Crippen LogP contribution < -0.4 is 24.4 Å². The van der Waals surface area contributed by atoms with Crippen LogP contribution in [0.4, 0.5) is 0 Å². The van der Waals surface area contributed by atoms with Crippen LogP contribution in [-0.2, 0) is 14.8 Å². The quantitative estimate of drug-likeness (QED) is 0.108. The van der Waals surface area contributed by atoms with Crippen molar-refractivity contribution in [1.82, 2.24) is 10.1 Å². The molecule has 10 nitrogen and oxygen atoms in total. The van der Waals surface area contributed by atoms with Gasteiger partial charge in [-0.15, -0.1) is 0 Å². The second-order valence-electron chi connectivity index (χ2n) is 8.46. The molecule has 0 aliphatic carbocycles. The van der Waals surface area contributed by atoms with Gasteiger partial charge in [0, 0.05) is 0 Å². The number of methoxy groups -OCH3 is 1. The molecule has 0 heterocycles. The fourth-order valence-electron chi connectivity index (χ4n) is 3.21. The maximum Gasteiger partial charge on any atom is 0.343 e. The molecular formula is C28H31N3O7S. The van der Waals surface area contributed by atoms with E-state index in [4.69, 9.17) is 14.2 Å². The summed E-state index contributed by atoms with van der Waals surface area (Å²) in [4.78, 5) is 24.7. The molecule has 11 heteroatoms. The van der Waals surface area contributed by atoms with E-state index in [1.807, 2.05) is 6.92 Å². The predicted molar refractivity (Wildman–Crippen MR) is 147 cm³/mol. The van der Waals surface area contributed by atoms with Crippen molar-refractivity contribution in [2.45, 2.75) is 31.6 Å². The molecule has 39 heavy (non-hydrogen) atoms. The first-order valence-electron chi connectivity index (χ1n) is 12.2. The summed E-state index contributed by atoms with van der Waals surface area (Å²) in [6.07, 6.45) is 3.33. The Bertz CT molecular complexity index is 1400. The molecule has 3 aromatic carbocycles. The Hall–Kier alpha value is -4.22. The summed E-state index contributed by atoms with van der Waals surface area (Å²) in [7, 11) is -2.40. The van der Waals surface area contributed by atoms with Gasteiger partial charge in [0.2, 0.25) is 10.0 Å². The van der Waals surface area contributed by atoms with Crippen LogP contribution in [0.15, 0.2) is 76.7 Å². The summed E-state index contributed by atoms with van der Waals surface area (Å²) >= 11 is 0. The normalized spacial score (nSPS) is 11.3. The number of esters is 1. The molecule has 0 saturated carbocycles. The number of nitrogens with one attached hydrogen (secondary N) is 2. The molecule has 0 fully saturated rings. The van der Waals surface area contributed by atoms with E-state index in [2.05, 4.69) is 22.2 Å². The summed E-state index contributed by atoms with van der Waals surface area (Å²) < 4.78 is 43.2. The third kappa shape index (κ3) is 8.94. The number of rotatable bonds is 13. The molecule has 1 amide bonds. The largest absolute Gasteiger partial charge is 0.494 e. The maximum atomic E-state index is 12.6. The lowest BCUT2D eigenvalue weighted by Gasteiger charge is -2.10. The predicted octanol–water partition coefficient (Wildman–Crippen LogP) is 3.83. The van der Waals surface area contributed by atoms with E-state index in [0.717, 1.165) is 18.4 Å². The number of sulfonamides is 1. The van der Waals surface area contributed by atoms with Gasteiger partial charge < -0.3 is 14.2 Å². The Morgan fingerprint density at radius 1 is 0.974 bits per heavy atom. The van der Waals surface area contributed by atoms with Crippen molar-refractivity contribution in [3.63, 3.8) is 0 Å². The number of hydrazone groups is 1. The van der Waals surface area contributed by atoms with Crippen LogP contribution in [0.1, 0.15) is 41.3 Å². The third-order valence-electron chi connectivity index (χ3n) is 5.40. The number of amides is 1. The number of hydrogen-bond acceptors (Lipinski definition) is 8. The second-order valence-corrected chi connectivity index (χ2v) is 10.2. The van der Waals surface area contributed by atoms with E-state index in [9.17, 15) is 18.0 Å². The third-order valence-corrected chi connectivity index (χ3v) is 6.82. The molecule has 0 aliphatic rings. The van der Waals surface area contributed by atoms with Crippen LogP contribution in [-0.4, -0.2) is 46.8 Å². The monoisotopic (exact) mass is 553 g/mol. The zero-order valence-corrected chi connectivity index (χ0v) is 22.8. The molecule has 0 unspecified atom stereocenters. The number of benzene rings is 3. The van der Waals surface area contributed by atoms with Crippen LogP contribution in [0, 0.1) is 6.92 Å². The van der Waals surface area contributed by atoms with Crippen LogP contribution in [0.3, 0.4) is 0 Å². The summed E-state index contributed by atoms with van der Waals surface area (Å²) in [5, 5.41) is 3.84. The van der Waals surface area contributed by atoms with Gasteiger partial charge in [0.15, 0.2) is 11.5 Å². The maximum absolute atomic E-state index is 12.6. The molecule has 3 rings (SSSR count). The van der Waals surface area contributed by atoms with Crippen molar-refractivity contribution in [3.05, 3.63) is 83.4 Å². The minimum Gasteiger partial charge on any atom is -0.494 e. The molecule has 0 spiro atoms. The molecule has 0 atom stereocenters. The lowest BCUT2D eigenvalue weighted by molar-refractivity contribution is -0.119. The van der Waals surface area contributed by atoms with Crippen molar-refractivity contribution in [2.24, 2.45) is 5.10 Å². The summed E-state index contributed by atoms with van der Waals surface area (Å²) in [6.45, 7) is 4.05. The number of hydrogen-bond donors (Lipinski definition) is 2. The molecular weight excluding hydrogens is 522 g/mol. The highest BCUT2D eigenvalue weighted by Crippen LogP contribution is 2.28. The molecule has 0 radical (unpaired) electrons. The van der Waals surface area contributed by atoms with Crippen molar-refractivity contribution < 1.29 is 32.2 Å². The number of aryl methyl sites for hydroxylation is 1. The van der Waals surface area contributed by atoms with E-state index in [-0.39, 0.29) is 16.4 Å². The van der Waals surface area contributed by atoms with Gasteiger partial charge in [-0.05, 0) is 73.5 Å². The van der Waals surface area contributed by atoms with Crippen LogP contribution in [0.25, 0.3) is 0 Å². The van der Waals surface area contributed by atoms with Crippen molar-refractivity contribution in [2.75, 3.05) is 20.3 Å². The molecule has 3 aromatic rings. The minimum absolute atomic E-state index is 0.0609. The average Bonchev–Trinajstić information content (AvgIpc) is 2.93. The Morgan fingerprint density at radius 3 is 2.36 bits per heavy atom. The molecule has 0 bridgehead atoms. The summed E-state index contributed by atoms with van der Waals surface area (Å²) in [5.41, 5.74) is 4.07. The minimum atomic E-state index is -3.83.